The lowest BCUT2D eigenvalue weighted by Gasteiger charge is -2.66. The van der Waals surface area contributed by atoms with Crippen molar-refractivity contribution in [1.29, 1.82) is 0 Å². The Labute approximate surface area is 99.1 Å². The van der Waals surface area contributed by atoms with Crippen LogP contribution in [0.4, 0.5) is 0 Å². The summed E-state index contributed by atoms with van der Waals surface area (Å²) in [5.41, 5.74) is 6.64. The van der Waals surface area contributed by atoms with Gasteiger partial charge < -0.3 is 15.8 Å². The van der Waals surface area contributed by atoms with Crippen LogP contribution in [0, 0.1) is 11.3 Å². The molecular weight excluding hydrogens is 200 g/mol. The lowest BCUT2D eigenvalue weighted by atomic mass is 9.46. The first-order chi connectivity index (χ1) is 7.39. The van der Waals surface area contributed by atoms with Crippen molar-refractivity contribution in [2.75, 3.05) is 13.2 Å². The van der Waals surface area contributed by atoms with Crippen LogP contribution in [0.1, 0.15) is 40.5 Å². The number of nitrogens with one attached hydrogen (secondary N) is 1. The molecule has 1 heterocycles. The number of ether oxygens (including phenoxy) is 1. The molecule has 3 N–H and O–H groups in total. The maximum absolute atomic E-state index is 6.64. The molecule has 0 aromatic rings. The Balaban J connectivity index is 2.07. The Bertz CT molecular complexity index is 265. The van der Waals surface area contributed by atoms with Gasteiger partial charge in [-0.1, -0.05) is 27.7 Å². The molecule has 2 rings (SSSR count). The Morgan fingerprint density at radius 3 is 2.75 bits per heavy atom. The largest absolute Gasteiger partial charge is 0.377 e. The molecule has 0 aromatic heterocycles. The van der Waals surface area contributed by atoms with E-state index in [1.807, 2.05) is 0 Å². The molecule has 3 atom stereocenters. The normalized spacial score (nSPS) is 41.6. The molecule has 0 aromatic carbocycles. The smallest absolute Gasteiger partial charge is 0.0690 e. The highest BCUT2D eigenvalue weighted by Gasteiger charge is 2.66. The van der Waals surface area contributed by atoms with Gasteiger partial charge in [-0.25, -0.2) is 0 Å². The van der Waals surface area contributed by atoms with Gasteiger partial charge in [0, 0.05) is 36.1 Å². The van der Waals surface area contributed by atoms with Crippen molar-refractivity contribution in [1.82, 2.24) is 5.32 Å². The Hall–Kier alpha value is -0.120. The molecule has 3 unspecified atom stereocenters. The van der Waals surface area contributed by atoms with E-state index in [4.69, 9.17) is 10.5 Å². The van der Waals surface area contributed by atoms with Crippen molar-refractivity contribution in [3.05, 3.63) is 0 Å². The average Bonchev–Trinajstić information content (AvgIpc) is 2.25. The first-order valence-electron chi connectivity index (χ1n) is 6.53. The van der Waals surface area contributed by atoms with E-state index in [2.05, 4.69) is 33.0 Å². The number of hydrogen-bond acceptors (Lipinski definition) is 3. The zero-order valence-corrected chi connectivity index (χ0v) is 11.0. The molecule has 0 spiro atoms. The van der Waals surface area contributed by atoms with Crippen LogP contribution >= 0.6 is 0 Å². The van der Waals surface area contributed by atoms with Gasteiger partial charge in [-0.3, -0.25) is 0 Å². The van der Waals surface area contributed by atoms with Gasteiger partial charge in [0.25, 0.3) is 0 Å². The van der Waals surface area contributed by atoms with E-state index in [9.17, 15) is 0 Å². The fourth-order valence-electron chi connectivity index (χ4n) is 3.40. The molecule has 3 nitrogen and oxygen atoms in total. The summed E-state index contributed by atoms with van der Waals surface area (Å²) in [5.74, 6) is 0.544. The van der Waals surface area contributed by atoms with Crippen molar-refractivity contribution in [3.63, 3.8) is 0 Å². The zero-order chi connectivity index (χ0) is 12.0. The highest BCUT2D eigenvalue weighted by molar-refractivity contribution is 5.20. The third kappa shape index (κ3) is 1.60. The van der Waals surface area contributed by atoms with E-state index in [0.29, 0.717) is 18.1 Å². The van der Waals surface area contributed by atoms with Crippen molar-refractivity contribution in [2.24, 2.45) is 17.1 Å². The van der Waals surface area contributed by atoms with Crippen molar-refractivity contribution >= 4 is 0 Å². The maximum atomic E-state index is 6.64. The van der Waals surface area contributed by atoms with Crippen LogP contribution in [0.25, 0.3) is 0 Å². The fraction of sp³-hybridized carbons (Fsp3) is 1.00. The molecule has 3 heteroatoms. The van der Waals surface area contributed by atoms with Crippen LogP contribution in [-0.4, -0.2) is 30.8 Å². The SMILES string of the molecule is CC(C)NCC1(N)C2CCCOC2C1(C)C. The van der Waals surface area contributed by atoms with Gasteiger partial charge in [0.05, 0.1) is 6.10 Å². The minimum absolute atomic E-state index is 0.0949. The van der Waals surface area contributed by atoms with Gasteiger partial charge in [-0.15, -0.1) is 0 Å². The summed E-state index contributed by atoms with van der Waals surface area (Å²) in [6.07, 6.45) is 2.77. The quantitative estimate of drug-likeness (QED) is 0.767. The van der Waals surface area contributed by atoms with E-state index in [1.54, 1.807) is 0 Å². The number of fused-ring (bicyclic) bond motifs is 1. The predicted molar refractivity (Wildman–Crippen MR) is 66.3 cm³/mol. The molecule has 1 aliphatic heterocycles. The Morgan fingerprint density at radius 1 is 1.44 bits per heavy atom. The minimum Gasteiger partial charge on any atom is -0.377 e. The van der Waals surface area contributed by atoms with Gasteiger partial charge in [0.2, 0.25) is 0 Å². The second kappa shape index (κ2) is 3.97. The van der Waals surface area contributed by atoms with Crippen LogP contribution < -0.4 is 11.1 Å². The molecule has 0 radical (unpaired) electrons. The third-order valence-corrected chi connectivity index (χ3v) is 4.70. The highest BCUT2D eigenvalue weighted by Crippen LogP contribution is 2.56. The third-order valence-electron chi connectivity index (χ3n) is 4.70. The minimum atomic E-state index is -0.0949. The van der Waals surface area contributed by atoms with Crippen LogP contribution in [0.15, 0.2) is 0 Å². The number of rotatable bonds is 3. The van der Waals surface area contributed by atoms with Gasteiger partial charge in [0.1, 0.15) is 0 Å². The lowest BCUT2D eigenvalue weighted by molar-refractivity contribution is -0.226. The zero-order valence-electron chi connectivity index (χ0n) is 11.0. The number of nitrogens with two attached hydrogens (primary N) is 1. The van der Waals surface area contributed by atoms with E-state index in [1.165, 1.54) is 6.42 Å². The van der Waals surface area contributed by atoms with Gasteiger partial charge in [-0.2, -0.15) is 0 Å². The number of hydrogen-bond donors (Lipinski definition) is 2. The van der Waals surface area contributed by atoms with E-state index >= 15 is 0 Å². The van der Waals surface area contributed by atoms with Crippen molar-refractivity contribution in [3.8, 4) is 0 Å². The van der Waals surface area contributed by atoms with Gasteiger partial charge in [0.15, 0.2) is 0 Å². The van der Waals surface area contributed by atoms with Gasteiger partial charge in [-0.05, 0) is 12.8 Å². The molecule has 1 aliphatic carbocycles. The standard InChI is InChI=1S/C13H26N2O/c1-9(2)15-8-13(14)10-6-5-7-16-11(10)12(13,3)4/h9-11,15H,5-8,14H2,1-4H3. The van der Waals surface area contributed by atoms with Gasteiger partial charge >= 0.3 is 0 Å². The van der Waals surface area contributed by atoms with Crippen molar-refractivity contribution < 1.29 is 4.74 Å². The molecule has 94 valence electrons. The molecule has 2 fully saturated rings. The van der Waals surface area contributed by atoms with Crippen LogP contribution in [0.2, 0.25) is 0 Å². The van der Waals surface area contributed by atoms with Crippen LogP contribution in [-0.2, 0) is 4.74 Å². The summed E-state index contributed by atoms with van der Waals surface area (Å²) in [6, 6.07) is 0.500. The molecule has 16 heavy (non-hydrogen) atoms. The molecular formula is C13H26N2O. The Kier molecular flexibility index (Phi) is 3.06. The highest BCUT2D eigenvalue weighted by atomic mass is 16.5. The summed E-state index contributed by atoms with van der Waals surface area (Å²) in [6.45, 7) is 10.7. The monoisotopic (exact) mass is 226 g/mol. The summed E-state index contributed by atoms with van der Waals surface area (Å²) >= 11 is 0. The van der Waals surface area contributed by atoms with E-state index < -0.39 is 0 Å². The Morgan fingerprint density at radius 2 is 2.12 bits per heavy atom. The van der Waals surface area contributed by atoms with E-state index in [0.717, 1.165) is 19.6 Å². The molecule has 1 saturated heterocycles. The molecule has 0 bridgehead atoms. The average molecular weight is 226 g/mol. The molecule has 0 amide bonds. The maximum Gasteiger partial charge on any atom is 0.0690 e. The second-order valence-corrected chi connectivity index (χ2v) is 6.34. The summed E-state index contributed by atoms with van der Waals surface area (Å²) in [7, 11) is 0. The predicted octanol–water partition coefficient (Wildman–Crippen LogP) is 1.52. The fourth-order valence-corrected chi connectivity index (χ4v) is 3.40. The topological polar surface area (TPSA) is 47.3 Å². The summed E-state index contributed by atoms with van der Waals surface area (Å²) in [5, 5.41) is 3.50. The lowest BCUT2D eigenvalue weighted by Crippen LogP contribution is -2.80. The first kappa shape index (κ1) is 12.3. The molecule has 1 saturated carbocycles. The second-order valence-electron chi connectivity index (χ2n) is 6.34. The van der Waals surface area contributed by atoms with E-state index in [-0.39, 0.29) is 11.0 Å². The first-order valence-corrected chi connectivity index (χ1v) is 6.53. The van der Waals surface area contributed by atoms with Crippen molar-refractivity contribution in [2.45, 2.75) is 58.2 Å². The van der Waals surface area contributed by atoms with Crippen LogP contribution in [0.5, 0.6) is 0 Å². The summed E-state index contributed by atoms with van der Waals surface area (Å²) < 4.78 is 5.89. The van der Waals surface area contributed by atoms with Crippen LogP contribution in [0.3, 0.4) is 0 Å². The summed E-state index contributed by atoms with van der Waals surface area (Å²) in [4.78, 5) is 0. The molecule has 2 aliphatic rings.